The van der Waals surface area contributed by atoms with Gasteiger partial charge >= 0.3 is 0 Å². The summed E-state index contributed by atoms with van der Waals surface area (Å²) >= 11 is 0. The predicted octanol–water partition coefficient (Wildman–Crippen LogP) is 1.97. The number of aromatic nitrogens is 3. The molecule has 10 nitrogen and oxygen atoms in total. The first-order valence-corrected chi connectivity index (χ1v) is 10.7. The maximum absolute atomic E-state index is 13.5. The molecule has 180 valence electrons. The lowest BCUT2D eigenvalue weighted by Crippen LogP contribution is -2.45. The Morgan fingerprint density at radius 3 is 2.68 bits per heavy atom. The molecule has 0 saturated heterocycles. The van der Waals surface area contributed by atoms with Crippen molar-refractivity contribution >= 4 is 22.8 Å². The molecule has 2 aromatic carbocycles. The molecule has 0 fully saturated rings. The summed E-state index contributed by atoms with van der Waals surface area (Å²) in [5, 5.41) is 11.0. The van der Waals surface area contributed by atoms with Gasteiger partial charge in [-0.15, -0.1) is 11.7 Å². The first kappa shape index (κ1) is 24.7. The maximum atomic E-state index is 13.5. The SMILES string of the molecule is C=CCN(C(=O)Cn1nnc2ccccc21)C(C(=O)NCCOC)c1ccc(OC)cc1OC. The van der Waals surface area contributed by atoms with Crippen LogP contribution < -0.4 is 14.8 Å². The van der Waals surface area contributed by atoms with E-state index in [1.54, 1.807) is 38.5 Å². The van der Waals surface area contributed by atoms with Gasteiger partial charge in [0.05, 0.1) is 26.3 Å². The van der Waals surface area contributed by atoms with Gasteiger partial charge in [0.1, 0.15) is 29.6 Å². The largest absolute Gasteiger partial charge is 0.497 e. The number of nitrogens with one attached hydrogen (secondary N) is 1. The fourth-order valence-corrected chi connectivity index (χ4v) is 3.61. The van der Waals surface area contributed by atoms with Crippen molar-refractivity contribution in [3.8, 4) is 11.5 Å². The Bertz CT molecular complexity index is 1150. The molecule has 1 N–H and O–H groups in total. The molecule has 0 aliphatic rings. The van der Waals surface area contributed by atoms with E-state index >= 15 is 0 Å². The van der Waals surface area contributed by atoms with Gasteiger partial charge in [-0.25, -0.2) is 4.68 Å². The topological polar surface area (TPSA) is 108 Å². The zero-order valence-corrected chi connectivity index (χ0v) is 19.6. The average molecular weight is 468 g/mol. The number of hydrogen-bond donors (Lipinski definition) is 1. The van der Waals surface area contributed by atoms with Crippen LogP contribution in [-0.4, -0.2) is 72.7 Å². The number of para-hydroxylation sites is 1. The summed E-state index contributed by atoms with van der Waals surface area (Å²) in [6, 6.07) is 11.5. The minimum absolute atomic E-state index is 0.103. The summed E-state index contributed by atoms with van der Waals surface area (Å²) in [4.78, 5) is 28.3. The van der Waals surface area contributed by atoms with Crippen LogP contribution >= 0.6 is 0 Å². The van der Waals surface area contributed by atoms with E-state index in [1.165, 1.54) is 16.7 Å². The Labute approximate surface area is 198 Å². The molecule has 0 aliphatic carbocycles. The number of hydrogen-bond acceptors (Lipinski definition) is 7. The Morgan fingerprint density at radius 2 is 1.97 bits per heavy atom. The van der Waals surface area contributed by atoms with Crippen molar-refractivity contribution in [2.75, 3.05) is 41.0 Å². The van der Waals surface area contributed by atoms with E-state index in [9.17, 15) is 9.59 Å². The van der Waals surface area contributed by atoms with Gasteiger partial charge in [0.25, 0.3) is 0 Å². The molecule has 0 bridgehead atoms. The summed E-state index contributed by atoms with van der Waals surface area (Å²) in [5.41, 5.74) is 1.91. The third-order valence-corrected chi connectivity index (χ3v) is 5.25. The molecule has 1 aromatic heterocycles. The number of rotatable bonds is 12. The molecule has 0 spiro atoms. The molecule has 1 unspecified atom stereocenters. The number of benzene rings is 2. The summed E-state index contributed by atoms with van der Waals surface area (Å²) in [7, 11) is 4.59. The van der Waals surface area contributed by atoms with Crippen molar-refractivity contribution in [2.45, 2.75) is 12.6 Å². The third kappa shape index (κ3) is 5.52. The van der Waals surface area contributed by atoms with Crippen LogP contribution in [0.4, 0.5) is 0 Å². The number of methoxy groups -OCH3 is 3. The highest BCUT2D eigenvalue weighted by molar-refractivity contribution is 5.90. The van der Waals surface area contributed by atoms with Gasteiger partial charge in [0.15, 0.2) is 0 Å². The van der Waals surface area contributed by atoms with Crippen molar-refractivity contribution in [3.63, 3.8) is 0 Å². The van der Waals surface area contributed by atoms with Gasteiger partial charge in [0.2, 0.25) is 11.8 Å². The van der Waals surface area contributed by atoms with Crippen LogP contribution in [0.1, 0.15) is 11.6 Å². The minimum Gasteiger partial charge on any atom is -0.497 e. The Hall–Kier alpha value is -3.92. The van der Waals surface area contributed by atoms with E-state index in [2.05, 4.69) is 22.2 Å². The molecular formula is C24H29N5O5. The second-order valence-electron chi connectivity index (χ2n) is 7.36. The molecule has 0 saturated carbocycles. The zero-order chi connectivity index (χ0) is 24.5. The Morgan fingerprint density at radius 1 is 1.18 bits per heavy atom. The van der Waals surface area contributed by atoms with Crippen molar-refractivity contribution in [2.24, 2.45) is 0 Å². The second kappa shape index (κ2) is 11.8. The maximum Gasteiger partial charge on any atom is 0.247 e. The molecule has 34 heavy (non-hydrogen) atoms. The van der Waals surface area contributed by atoms with Gasteiger partial charge in [-0.1, -0.05) is 23.4 Å². The molecule has 3 aromatic rings. The molecule has 1 atom stereocenters. The minimum atomic E-state index is -0.988. The first-order chi connectivity index (χ1) is 16.5. The fraction of sp³-hybridized carbons (Fsp3) is 0.333. The van der Waals surface area contributed by atoms with Gasteiger partial charge in [0, 0.05) is 31.8 Å². The lowest BCUT2D eigenvalue weighted by atomic mass is 10.0. The van der Waals surface area contributed by atoms with Crippen molar-refractivity contribution in [1.82, 2.24) is 25.2 Å². The summed E-state index contributed by atoms with van der Waals surface area (Å²) in [6.07, 6.45) is 1.57. The average Bonchev–Trinajstić information content (AvgIpc) is 3.26. The summed E-state index contributed by atoms with van der Waals surface area (Å²) in [5.74, 6) is 0.272. The van der Waals surface area contributed by atoms with E-state index in [-0.39, 0.29) is 31.4 Å². The fourth-order valence-electron chi connectivity index (χ4n) is 3.61. The number of carbonyl (C=O) groups excluding carboxylic acids is 2. The Balaban J connectivity index is 2.00. The van der Waals surface area contributed by atoms with Crippen LogP contribution in [0.15, 0.2) is 55.1 Å². The van der Waals surface area contributed by atoms with Gasteiger partial charge in [-0.3, -0.25) is 9.59 Å². The normalized spacial score (nSPS) is 11.6. The summed E-state index contributed by atoms with van der Waals surface area (Å²) < 4.78 is 17.4. The molecule has 0 aliphatic heterocycles. The smallest absolute Gasteiger partial charge is 0.247 e. The lowest BCUT2D eigenvalue weighted by molar-refractivity contribution is -0.141. The predicted molar refractivity (Wildman–Crippen MR) is 127 cm³/mol. The van der Waals surface area contributed by atoms with E-state index in [0.29, 0.717) is 29.2 Å². The molecule has 2 amide bonds. The second-order valence-corrected chi connectivity index (χ2v) is 7.36. The van der Waals surface area contributed by atoms with E-state index < -0.39 is 6.04 Å². The van der Waals surface area contributed by atoms with Gasteiger partial charge in [-0.2, -0.15) is 0 Å². The lowest BCUT2D eigenvalue weighted by Gasteiger charge is -2.31. The number of carbonyl (C=O) groups is 2. The third-order valence-electron chi connectivity index (χ3n) is 5.25. The number of nitrogens with zero attached hydrogens (tertiary/aromatic N) is 4. The quantitative estimate of drug-likeness (QED) is 0.320. The highest BCUT2D eigenvalue weighted by Gasteiger charge is 2.33. The van der Waals surface area contributed by atoms with E-state index in [1.807, 2.05) is 24.3 Å². The highest BCUT2D eigenvalue weighted by Crippen LogP contribution is 2.33. The van der Waals surface area contributed by atoms with Crippen LogP contribution in [0.25, 0.3) is 11.0 Å². The molecule has 0 radical (unpaired) electrons. The molecule has 3 rings (SSSR count). The van der Waals surface area contributed by atoms with Crippen LogP contribution in [0.5, 0.6) is 11.5 Å². The standard InChI is InChI=1S/C24H29N5O5/c1-5-13-28(22(30)16-29-20-9-7-6-8-19(20)26-27-29)23(24(31)25-12-14-32-2)18-11-10-17(33-3)15-21(18)34-4/h5-11,15,23H,1,12-14,16H2,2-4H3,(H,25,31). The summed E-state index contributed by atoms with van der Waals surface area (Å²) in [6.45, 7) is 4.42. The number of amides is 2. The number of fused-ring (bicyclic) bond motifs is 1. The van der Waals surface area contributed by atoms with Crippen LogP contribution in [0.3, 0.4) is 0 Å². The van der Waals surface area contributed by atoms with Crippen LogP contribution in [0.2, 0.25) is 0 Å². The van der Waals surface area contributed by atoms with E-state index in [0.717, 1.165) is 5.52 Å². The van der Waals surface area contributed by atoms with Gasteiger partial charge in [-0.05, 0) is 24.3 Å². The van der Waals surface area contributed by atoms with Crippen LogP contribution in [0, 0.1) is 0 Å². The van der Waals surface area contributed by atoms with Crippen LogP contribution in [-0.2, 0) is 20.9 Å². The first-order valence-electron chi connectivity index (χ1n) is 10.7. The molecule has 1 heterocycles. The molecular weight excluding hydrogens is 438 g/mol. The van der Waals surface area contributed by atoms with Crippen molar-refractivity contribution < 1.29 is 23.8 Å². The van der Waals surface area contributed by atoms with Gasteiger partial charge < -0.3 is 24.4 Å². The Kier molecular flexibility index (Phi) is 8.58. The van der Waals surface area contributed by atoms with E-state index in [4.69, 9.17) is 14.2 Å². The zero-order valence-electron chi connectivity index (χ0n) is 19.6. The van der Waals surface area contributed by atoms with Crippen molar-refractivity contribution in [3.05, 3.63) is 60.7 Å². The monoisotopic (exact) mass is 467 g/mol. The highest BCUT2D eigenvalue weighted by atomic mass is 16.5. The van der Waals surface area contributed by atoms with Crippen molar-refractivity contribution in [1.29, 1.82) is 0 Å². The number of ether oxygens (including phenoxy) is 3. The molecule has 10 heteroatoms.